The molecule has 0 saturated carbocycles. The van der Waals surface area contributed by atoms with Gasteiger partial charge < -0.3 is 9.64 Å². The Morgan fingerprint density at radius 3 is 2.40 bits per heavy atom. The van der Waals surface area contributed by atoms with Crippen molar-refractivity contribution in [2.24, 2.45) is 0 Å². The first-order chi connectivity index (χ1) is 7.25. The molecule has 1 aromatic rings. The number of hydrogen-bond acceptors (Lipinski definition) is 2. The number of rotatable bonds is 1. The van der Waals surface area contributed by atoms with Gasteiger partial charge in [0.1, 0.15) is 5.75 Å². The largest absolute Gasteiger partial charge is 0.415 e. The highest BCUT2D eigenvalue weighted by Gasteiger charge is 2.19. The van der Waals surface area contributed by atoms with Crippen molar-refractivity contribution in [2.45, 2.75) is 12.8 Å². The predicted octanol–water partition coefficient (Wildman–Crippen LogP) is 3.04. The van der Waals surface area contributed by atoms with Gasteiger partial charge in [0.05, 0.1) is 0 Å². The lowest BCUT2D eigenvalue weighted by Crippen LogP contribution is -2.30. The number of amides is 1. The van der Waals surface area contributed by atoms with Gasteiger partial charge in [0.15, 0.2) is 0 Å². The maximum atomic E-state index is 11.6. The van der Waals surface area contributed by atoms with Crippen LogP contribution in [0, 0.1) is 0 Å². The molecule has 1 aliphatic rings. The summed E-state index contributed by atoms with van der Waals surface area (Å²) < 4.78 is 6.19. The highest BCUT2D eigenvalue weighted by molar-refractivity contribution is 9.10. The summed E-state index contributed by atoms with van der Waals surface area (Å²) in [6.45, 7) is 1.63. The summed E-state index contributed by atoms with van der Waals surface area (Å²) in [5, 5.41) is 0. The third-order valence-electron chi connectivity index (χ3n) is 2.38. The topological polar surface area (TPSA) is 29.5 Å². The molecule has 1 amide bonds. The average molecular weight is 270 g/mol. The molecule has 15 heavy (non-hydrogen) atoms. The van der Waals surface area contributed by atoms with Crippen LogP contribution in [0.1, 0.15) is 12.8 Å². The minimum absolute atomic E-state index is 0.241. The Hall–Kier alpha value is -1.03. The van der Waals surface area contributed by atoms with E-state index in [1.165, 1.54) is 0 Å². The molecule has 1 aliphatic heterocycles. The number of carbonyl (C=O) groups is 1. The first-order valence-corrected chi connectivity index (χ1v) is 5.77. The van der Waals surface area contributed by atoms with Crippen LogP contribution >= 0.6 is 15.9 Å². The molecule has 0 aromatic heterocycles. The predicted molar refractivity (Wildman–Crippen MR) is 61.0 cm³/mol. The molecule has 1 heterocycles. The van der Waals surface area contributed by atoms with Crippen LogP contribution in [-0.2, 0) is 0 Å². The molecule has 1 saturated heterocycles. The van der Waals surface area contributed by atoms with Gasteiger partial charge in [-0.25, -0.2) is 4.79 Å². The van der Waals surface area contributed by atoms with E-state index in [0.29, 0.717) is 5.75 Å². The number of carbonyl (C=O) groups excluding carboxylic acids is 1. The fourth-order valence-corrected chi connectivity index (χ4v) is 1.83. The SMILES string of the molecule is O=C(Oc1ccc(Br)cc1)N1CCCC1. The maximum Gasteiger partial charge on any atom is 0.415 e. The van der Waals surface area contributed by atoms with Crippen molar-refractivity contribution in [1.82, 2.24) is 4.90 Å². The molecular weight excluding hydrogens is 258 g/mol. The van der Waals surface area contributed by atoms with Crippen LogP contribution in [0.5, 0.6) is 5.75 Å². The summed E-state index contributed by atoms with van der Waals surface area (Å²) in [7, 11) is 0. The Kier molecular flexibility index (Phi) is 3.26. The summed E-state index contributed by atoms with van der Waals surface area (Å²) in [4.78, 5) is 13.3. The molecule has 4 heteroatoms. The molecule has 0 N–H and O–H groups in total. The fraction of sp³-hybridized carbons (Fsp3) is 0.364. The van der Waals surface area contributed by atoms with Gasteiger partial charge in [0, 0.05) is 17.6 Å². The Labute approximate surface area is 97.2 Å². The van der Waals surface area contributed by atoms with Crippen molar-refractivity contribution in [3.8, 4) is 5.75 Å². The van der Waals surface area contributed by atoms with E-state index >= 15 is 0 Å². The molecule has 80 valence electrons. The van der Waals surface area contributed by atoms with Crippen LogP contribution in [-0.4, -0.2) is 24.1 Å². The van der Waals surface area contributed by atoms with Crippen LogP contribution in [0.2, 0.25) is 0 Å². The number of nitrogens with zero attached hydrogens (tertiary/aromatic N) is 1. The third kappa shape index (κ3) is 2.72. The molecule has 0 radical (unpaired) electrons. The summed E-state index contributed by atoms with van der Waals surface area (Å²) in [6, 6.07) is 7.26. The molecule has 0 spiro atoms. The lowest BCUT2D eigenvalue weighted by atomic mass is 10.3. The lowest BCUT2D eigenvalue weighted by molar-refractivity contribution is 0.163. The van der Waals surface area contributed by atoms with E-state index < -0.39 is 0 Å². The van der Waals surface area contributed by atoms with Crippen LogP contribution in [0.25, 0.3) is 0 Å². The Morgan fingerprint density at radius 1 is 1.20 bits per heavy atom. The van der Waals surface area contributed by atoms with Crippen molar-refractivity contribution in [3.05, 3.63) is 28.7 Å². The van der Waals surface area contributed by atoms with E-state index in [1.54, 1.807) is 17.0 Å². The smallest absolute Gasteiger partial charge is 0.410 e. The first kappa shape index (κ1) is 10.5. The van der Waals surface area contributed by atoms with Gasteiger partial charge in [-0.05, 0) is 37.1 Å². The Bertz CT molecular complexity index is 344. The fourth-order valence-electron chi connectivity index (χ4n) is 1.57. The number of ether oxygens (including phenoxy) is 1. The number of halogens is 1. The van der Waals surface area contributed by atoms with E-state index in [0.717, 1.165) is 30.4 Å². The van der Waals surface area contributed by atoms with Gasteiger partial charge in [-0.2, -0.15) is 0 Å². The summed E-state index contributed by atoms with van der Waals surface area (Å²) in [5.41, 5.74) is 0. The van der Waals surface area contributed by atoms with Crippen molar-refractivity contribution in [1.29, 1.82) is 0 Å². The number of hydrogen-bond donors (Lipinski definition) is 0. The average Bonchev–Trinajstić information content (AvgIpc) is 2.74. The molecule has 0 atom stereocenters. The van der Waals surface area contributed by atoms with E-state index in [2.05, 4.69) is 15.9 Å². The molecule has 0 aliphatic carbocycles. The highest BCUT2D eigenvalue weighted by Crippen LogP contribution is 2.18. The minimum atomic E-state index is -0.241. The quantitative estimate of drug-likeness (QED) is 0.785. The minimum Gasteiger partial charge on any atom is -0.410 e. The number of likely N-dealkylation sites (tertiary alicyclic amines) is 1. The van der Waals surface area contributed by atoms with Crippen LogP contribution < -0.4 is 4.74 Å². The second-order valence-corrected chi connectivity index (χ2v) is 4.43. The molecule has 1 fully saturated rings. The van der Waals surface area contributed by atoms with Crippen molar-refractivity contribution in [2.75, 3.05) is 13.1 Å². The van der Waals surface area contributed by atoms with Crippen molar-refractivity contribution in [3.63, 3.8) is 0 Å². The summed E-state index contributed by atoms with van der Waals surface area (Å²) in [5.74, 6) is 0.593. The lowest BCUT2D eigenvalue weighted by Gasteiger charge is -2.14. The van der Waals surface area contributed by atoms with E-state index in [9.17, 15) is 4.79 Å². The van der Waals surface area contributed by atoms with Crippen LogP contribution in [0.3, 0.4) is 0 Å². The zero-order chi connectivity index (χ0) is 10.7. The van der Waals surface area contributed by atoms with Crippen molar-refractivity contribution < 1.29 is 9.53 Å². The summed E-state index contributed by atoms with van der Waals surface area (Å²) >= 11 is 3.33. The molecule has 2 rings (SSSR count). The molecular formula is C11H12BrNO2. The van der Waals surface area contributed by atoms with Gasteiger partial charge in [-0.15, -0.1) is 0 Å². The molecule has 0 unspecified atom stereocenters. The normalized spacial score (nSPS) is 15.4. The monoisotopic (exact) mass is 269 g/mol. The Morgan fingerprint density at radius 2 is 1.80 bits per heavy atom. The van der Waals surface area contributed by atoms with Crippen LogP contribution in [0.4, 0.5) is 4.79 Å². The highest BCUT2D eigenvalue weighted by atomic mass is 79.9. The van der Waals surface area contributed by atoms with E-state index in [-0.39, 0.29) is 6.09 Å². The number of benzene rings is 1. The Balaban J connectivity index is 1.96. The van der Waals surface area contributed by atoms with E-state index in [4.69, 9.17) is 4.74 Å². The maximum absolute atomic E-state index is 11.6. The van der Waals surface area contributed by atoms with Gasteiger partial charge in [0.25, 0.3) is 0 Å². The second-order valence-electron chi connectivity index (χ2n) is 3.52. The van der Waals surface area contributed by atoms with Gasteiger partial charge >= 0.3 is 6.09 Å². The van der Waals surface area contributed by atoms with Gasteiger partial charge in [-0.3, -0.25) is 0 Å². The molecule has 0 bridgehead atoms. The first-order valence-electron chi connectivity index (χ1n) is 4.98. The molecule has 1 aromatic carbocycles. The standard InChI is InChI=1S/C11H12BrNO2/c12-9-3-5-10(6-4-9)15-11(14)13-7-1-2-8-13/h3-6H,1-2,7-8H2. The van der Waals surface area contributed by atoms with Crippen molar-refractivity contribution >= 4 is 22.0 Å². The van der Waals surface area contributed by atoms with Crippen LogP contribution in [0.15, 0.2) is 28.7 Å². The molecule has 3 nitrogen and oxygen atoms in total. The third-order valence-corrected chi connectivity index (χ3v) is 2.91. The van der Waals surface area contributed by atoms with E-state index in [1.807, 2.05) is 12.1 Å². The second kappa shape index (κ2) is 4.66. The summed E-state index contributed by atoms with van der Waals surface area (Å²) in [6.07, 6.45) is 1.92. The zero-order valence-corrected chi connectivity index (χ0v) is 9.87. The zero-order valence-electron chi connectivity index (χ0n) is 8.28. The van der Waals surface area contributed by atoms with Gasteiger partial charge in [-0.1, -0.05) is 15.9 Å². The van der Waals surface area contributed by atoms with Gasteiger partial charge in [0.2, 0.25) is 0 Å².